The highest BCUT2D eigenvalue weighted by Crippen LogP contribution is 2.23. The van der Waals surface area contributed by atoms with Gasteiger partial charge in [0, 0.05) is 12.6 Å². The minimum atomic E-state index is 0.0868. The molecule has 5 nitrogen and oxygen atoms in total. The third-order valence-corrected chi connectivity index (χ3v) is 5.17. The van der Waals surface area contributed by atoms with Crippen LogP contribution in [-0.4, -0.2) is 19.7 Å². The molecule has 2 heterocycles. The zero-order chi connectivity index (χ0) is 16.6. The molecule has 0 spiro atoms. The molecular weight excluding hydrogens is 308 g/mol. The molecule has 122 valence electrons. The lowest BCUT2D eigenvalue weighted by Crippen LogP contribution is -2.20. The first-order valence-corrected chi connectivity index (χ1v) is 8.60. The second kappa shape index (κ2) is 6.39. The predicted molar refractivity (Wildman–Crippen MR) is 92.7 cm³/mol. The topological polar surface area (TPSA) is 62.5 Å². The van der Waals surface area contributed by atoms with E-state index in [4.69, 9.17) is 0 Å². The summed E-state index contributed by atoms with van der Waals surface area (Å²) in [5, 5.41) is 17.3. The van der Waals surface area contributed by atoms with Crippen LogP contribution in [0.4, 0.5) is 0 Å². The van der Waals surface area contributed by atoms with Gasteiger partial charge in [-0.05, 0) is 55.5 Å². The van der Waals surface area contributed by atoms with Crippen LogP contribution in [-0.2, 0) is 13.2 Å². The number of hydrogen-bond acceptors (Lipinski definition) is 5. The molecule has 0 fully saturated rings. The number of fused-ring (bicyclic) bond motifs is 1. The van der Waals surface area contributed by atoms with Crippen molar-refractivity contribution < 1.29 is 5.11 Å². The molecule has 0 aliphatic carbocycles. The number of benzene rings is 1. The zero-order valence-corrected chi connectivity index (χ0v) is 14.7. The number of aliphatic hydroxyl groups excluding tert-OH is 1. The van der Waals surface area contributed by atoms with Crippen LogP contribution in [0.15, 0.2) is 17.8 Å². The smallest absolute Gasteiger partial charge is 0.212 e. The van der Waals surface area contributed by atoms with E-state index < -0.39 is 0 Å². The number of rotatable bonds is 5. The molecule has 0 bridgehead atoms. The fraction of sp³-hybridized carbons (Fsp3) is 0.412. The van der Waals surface area contributed by atoms with Crippen molar-refractivity contribution in [2.75, 3.05) is 0 Å². The van der Waals surface area contributed by atoms with Crippen molar-refractivity contribution in [2.45, 2.75) is 46.9 Å². The van der Waals surface area contributed by atoms with E-state index in [-0.39, 0.29) is 12.6 Å². The molecule has 2 N–H and O–H groups in total. The first kappa shape index (κ1) is 16.1. The lowest BCUT2D eigenvalue weighted by molar-refractivity contribution is 0.280. The predicted octanol–water partition coefficient (Wildman–Crippen LogP) is 3.06. The van der Waals surface area contributed by atoms with Gasteiger partial charge in [-0.3, -0.25) is 0 Å². The van der Waals surface area contributed by atoms with Crippen LogP contribution in [0.5, 0.6) is 0 Å². The largest absolute Gasteiger partial charge is 0.392 e. The van der Waals surface area contributed by atoms with E-state index in [0.29, 0.717) is 0 Å². The molecule has 1 unspecified atom stereocenters. The Bertz CT molecular complexity index is 808. The summed E-state index contributed by atoms with van der Waals surface area (Å²) >= 11 is 1.54. The van der Waals surface area contributed by atoms with Gasteiger partial charge in [0.25, 0.3) is 0 Å². The second-order valence-electron chi connectivity index (χ2n) is 5.98. The Labute approximate surface area is 140 Å². The normalized spacial score (nSPS) is 12.9. The van der Waals surface area contributed by atoms with Crippen molar-refractivity contribution in [1.82, 2.24) is 19.9 Å². The highest BCUT2D eigenvalue weighted by Gasteiger charge is 2.14. The molecule has 23 heavy (non-hydrogen) atoms. The van der Waals surface area contributed by atoms with E-state index in [9.17, 15) is 5.11 Å². The second-order valence-corrected chi connectivity index (χ2v) is 6.80. The first-order chi connectivity index (χ1) is 11.0. The summed E-state index contributed by atoms with van der Waals surface area (Å²) in [6.45, 7) is 9.21. The molecule has 1 atom stereocenters. The van der Waals surface area contributed by atoms with E-state index in [1.54, 1.807) is 5.51 Å². The standard InChI is InChI=1S/C17H22N4OS/c1-10-5-11(2)15(8-22)12(3)14(10)6-18-13(4)16-7-21-17(20-16)23-9-19-21/h5,7,9,13,18,22H,6,8H2,1-4H3. The lowest BCUT2D eigenvalue weighted by Gasteiger charge is -2.18. The maximum atomic E-state index is 9.59. The molecule has 0 amide bonds. The first-order valence-electron chi connectivity index (χ1n) is 7.72. The Morgan fingerprint density at radius 1 is 1.26 bits per heavy atom. The highest BCUT2D eigenvalue weighted by atomic mass is 32.1. The average molecular weight is 330 g/mol. The summed E-state index contributed by atoms with van der Waals surface area (Å²) in [6, 6.07) is 2.29. The molecule has 3 rings (SSSR count). The van der Waals surface area contributed by atoms with Gasteiger partial charge in [0.15, 0.2) is 0 Å². The maximum Gasteiger partial charge on any atom is 0.212 e. The molecular formula is C17H22N4OS. The van der Waals surface area contributed by atoms with E-state index >= 15 is 0 Å². The number of aromatic nitrogens is 3. The van der Waals surface area contributed by atoms with Crippen LogP contribution in [0.25, 0.3) is 4.96 Å². The van der Waals surface area contributed by atoms with Gasteiger partial charge >= 0.3 is 0 Å². The van der Waals surface area contributed by atoms with Gasteiger partial charge in [0.05, 0.1) is 18.5 Å². The van der Waals surface area contributed by atoms with E-state index in [2.05, 4.69) is 49.2 Å². The minimum Gasteiger partial charge on any atom is -0.392 e. The highest BCUT2D eigenvalue weighted by molar-refractivity contribution is 7.14. The van der Waals surface area contributed by atoms with Crippen molar-refractivity contribution in [1.29, 1.82) is 0 Å². The van der Waals surface area contributed by atoms with Crippen molar-refractivity contribution in [3.8, 4) is 0 Å². The Morgan fingerprint density at radius 3 is 2.70 bits per heavy atom. The summed E-state index contributed by atoms with van der Waals surface area (Å²) in [5.74, 6) is 0. The molecule has 0 radical (unpaired) electrons. The number of nitrogens with zero attached hydrogens (tertiary/aromatic N) is 3. The molecule has 2 aromatic heterocycles. The van der Waals surface area contributed by atoms with Gasteiger partial charge < -0.3 is 10.4 Å². The minimum absolute atomic E-state index is 0.0868. The molecule has 0 saturated carbocycles. The van der Waals surface area contributed by atoms with Crippen LogP contribution in [0.1, 0.15) is 46.5 Å². The lowest BCUT2D eigenvalue weighted by atomic mass is 9.93. The van der Waals surface area contributed by atoms with Crippen LogP contribution in [0.3, 0.4) is 0 Å². The van der Waals surface area contributed by atoms with Crippen LogP contribution < -0.4 is 5.32 Å². The van der Waals surface area contributed by atoms with E-state index in [1.807, 2.05) is 10.7 Å². The van der Waals surface area contributed by atoms with Gasteiger partial charge in [-0.1, -0.05) is 17.4 Å². The summed E-state index contributed by atoms with van der Waals surface area (Å²) in [6.07, 6.45) is 1.97. The van der Waals surface area contributed by atoms with Gasteiger partial charge in [0.2, 0.25) is 4.96 Å². The fourth-order valence-corrected chi connectivity index (χ4v) is 3.62. The van der Waals surface area contributed by atoms with Crippen molar-refractivity contribution in [3.63, 3.8) is 0 Å². The zero-order valence-electron chi connectivity index (χ0n) is 13.9. The molecule has 1 aromatic carbocycles. The molecule has 3 aromatic rings. The third-order valence-electron chi connectivity index (χ3n) is 4.48. The Hall–Kier alpha value is -1.76. The van der Waals surface area contributed by atoms with Gasteiger partial charge in [0.1, 0.15) is 5.51 Å². The Balaban J connectivity index is 1.78. The quantitative estimate of drug-likeness (QED) is 0.755. The molecule has 6 heteroatoms. The summed E-state index contributed by atoms with van der Waals surface area (Å²) in [4.78, 5) is 5.51. The molecule has 0 aliphatic rings. The number of aliphatic hydroxyl groups is 1. The number of hydrogen-bond donors (Lipinski definition) is 2. The number of imidazole rings is 1. The summed E-state index contributed by atoms with van der Waals surface area (Å²) < 4.78 is 1.81. The molecule has 0 aliphatic heterocycles. The van der Waals surface area contributed by atoms with E-state index in [1.165, 1.54) is 28.0 Å². The van der Waals surface area contributed by atoms with Crippen molar-refractivity contribution >= 4 is 16.3 Å². The summed E-state index contributed by atoms with van der Waals surface area (Å²) in [5.41, 5.74) is 8.66. The SMILES string of the molecule is Cc1cc(C)c(CNC(C)c2cn3ncsc3n2)c(C)c1CO. The Morgan fingerprint density at radius 2 is 2.00 bits per heavy atom. The maximum absolute atomic E-state index is 9.59. The number of nitrogens with one attached hydrogen (secondary N) is 1. The Kier molecular flexibility index (Phi) is 4.48. The molecule has 0 saturated heterocycles. The number of aryl methyl sites for hydroxylation is 2. The van der Waals surface area contributed by atoms with Crippen molar-refractivity contribution in [2.24, 2.45) is 0 Å². The van der Waals surface area contributed by atoms with Gasteiger partial charge in [-0.2, -0.15) is 5.10 Å². The van der Waals surface area contributed by atoms with Crippen molar-refractivity contribution in [3.05, 3.63) is 51.3 Å². The third kappa shape index (κ3) is 3.02. The average Bonchev–Trinajstić information content (AvgIpc) is 3.08. The van der Waals surface area contributed by atoms with Crippen LogP contribution in [0, 0.1) is 20.8 Å². The van der Waals surface area contributed by atoms with Gasteiger partial charge in [-0.25, -0.2) is 9.50 Å². The fourth-order valence-electron chi connectivity index (χ4n) is 3.01. The van der Waals surface area contributed by atoms with Gasteiger partial charge in [-0.15, -0.1) is 0 Å². The summed E-state index contributed by atoms with van der Waals surface area (Å²) in [7, 11) is 0. The monoisotopic (exact) mass is 330 g/mol. The van der Waals surface area contributed by atoms with Crippen LogP contribution >= 0.6 is 11.3 Å². The van der Waals surface area contributed by atoms with Crippen LogP contribution in [0.2, 0.25) is 0 Å². The van der Waals surface area contributed by atoms with E-state index in [0.717, 1.165) is 28.3 Å².